The van der Waals surface area contributed by atoms with Gasteiger partial charge >= 0.3 is 6.18 Å². The lowest BCUT2D eigenvalue weighted by molar-refractivity contribution is -0.182. The van der Waals surface area contributed by atoms with Gasteiger partial charge in [0.05, 0.1) is 10.9 Å². The molecule has 0 saturated carbocycles. The van der Waals surface area contributed by atoms with Gasteiger partial charge in [0.2, 0.25) is 0 Å². The highest BCUT2D eigenvalue weighted by Gasteiger charge is 2.51. The van der Waals surface area contributed by atoms with Crippen LogP contribution in [-0.2, 0) is 0 Å². The number of rotatable bonds is 1. The van der Waals surface area contributed by atoms with Crippen molar-refractivity contribution in [3.63, 3.8) is 0 Å². The lowest BCUT2D eigenvalue weighted by Crippen LogP contribution is -2.60. The number of piperidine rings is 1. The largest absolute Gasteiger partial charge is 0.392 e. The van der Waals surface area contributed by atoms with Crippen molar-refractivity contribution in [2.75, 3.05) is 0 Å². The molecular formula is C13H16BrF4NS. The minimum atomic E-state index is -4.29. The van der Waals surface area contributed by atoms with Gasteiger partial charge in [-0.25, -0.2) is 4.39 Å². The summed E-state index contributed by atoms with van der Waals surface area (Å²) in [7, 11) is 0. The van der Waals surface area contributed by atoms with E-state index in [4.69, 9.17) is 12.2 Å². The average Bonchev–Trinajstić information content (AvgIpc) is 2.30. The first-order valence-corrected chi connectivity index (χ1v) is 7.68. The van der Waals surface area contributed by atoms with Crippen molar-refractivity contribution >= 4 is 33.1 Å². The van der Waals surface area contributed by atoms with E-state index in [0.29, 0.717) is 6.42 Å². The molecule has 1 fully saturated rings. The molecule has 2 aliphatic rings. The molecule has 4 unspecified atom stereocenters. The second-order valence-corrected chi connectivity index (χ2v) is 7.34. The van der Waals surface area contributed by atoms with Gasteiger partial charge in [-0.05, 0) is 30.7 Å². The van der Waals surface area contributed by atoms with E-state index in [1.54, 1.807) is 13.0 Å². The summed E-state index contributed by atoms with van der Waals surface area (Å²) < 4.78 is 54.0. The van der Waals surface area contributed by atoms with E-state index in [2.05, 4.69) is 21.2 Å². The molecule has 0 aromatic carbocycles. The van der Waals surface area contributed by atoms with Crippen LogP contribution in [0.3, 0.4) is 0 Å². The van der Waals surface area contributed by atoms with Gasteiger partial charge in [-0.3, -0.25) is 0 Å². The molecule has 0 spiro atoms. The number of hydrogen-bond donors (Lipinski definition) is 1. The molecule has 4 atom stereocenters. The maximum Gasteiger partial charge on any atom is 0.392 e. The van der Waals surface area contributed by atoms with Crippen LogP contribution in [0.4, 0.5) is 17.6 Å². The van der Waals surface area contributed by atoms with Gasteiger partial charge < -0.3 is 5.32 Å². The number of hydrogen-bond acceptors (Lipinski definition) is 1. The normalized spacial score (nSPS) is 39.2. The minimum Gasteiger partial charge on any atom is -0.374 e. The highest BCUT2D eigenvalue weighted by atomic mass is 79.9. The molecule has 1 heterocycles. The van der Waals surface area contributed by atoms with E-state index in [9.17, 15) is 17.6 Å². The molecule has 0 amide bonds. The Morgan fingerprint density at radius 2 is 2.05 bits per heavy atom. The fraction of sp³-hybridized carbons (Fsp3) is 0.769. The molecule has 114 valence electrons. The summed E-state index contributed by atoms with van der Waals surface area (Å²) >= 11 is 8.31. The topological polar surface area (TPSA) is 12.0 Å². The molecule has 0 aromatic heterocycles. The van der Waals surface area contributed by atoms with E-state index in [1.807, 2.05) is 0 Å². The smallest absolute Gasteiger partial charge is 0.374 e. The zero-order chi connectivity index (χ0) is 15.1. The maximum atomic E-state index is 14.2. The summed E-state index contributed by atoms with van der Waals surface area (Å²) in [6.45, 7) is 1.65. The molecular weight excluding hydrogens is 358 g/mol. The van der Waals surface area contributed by atoms with Crippen LogP contribution < -0.4 is 5.32 Å². The van der Waals surface area contributed by atoms with E-state index >= 15 is 0 Å². The van der Waals surface area contributed by atoms with Crippen LogP contribution in [-0.4, -0.2) is 22.9 Å². The van der Waals surface area contributed by atoms with Crippen LogP contribution in [0.1, 0.15) is 32.6 Å². The summed E-state index contributed by atoms with van der Waals surface area (Å²) in [6, 6.07) is 0. The molecule has 20 heavy (non-hydrogen) atoms. The van der Waals surface area contributed by atoms with E-state index < -0.39 is 29.7 Å². The van der Waals surface area contributed by atoms with Crippen molar-refractivity contribution in [3.8, 4) is 0 Å². The van der Waals surface area contributed by atoms with Crippen molar-refractivity contribution in [1.29, 1.82) is 0 Å². The van der Waals surface area contributed by atoms with Crippen molar-refractivity contribution in [1.82, 2.24) is 5.32 Å². The number of alkyl halides is 4. The zero-order valence-corrected chi connectivity index (χ0v) is 13.3. The zero-order valence-electron chi connectivity index (χ0n) is 10.9. The molecule has 1 N–H and O–H groups in total. The molecule has 1 nitrogen and oxygen atoms in total. The Kier molecular flexibility index (Phi) is 4.50. The number of thiocarbonyl (C=S) groups is 1. The predicted octanol–water partition coefficient (Wildman–Crippen LogP) is 4.66. The highest BCUT2D eigenvalue weighted by molar-refractivity contribution is 9.11. The Balaban J connectivity index is 2.24. The van der Waals surface area contributed by atoms with Crippen LogP contribution in [0.5, 0.6) is 0 Å². The summed E-state index contributed by atoms with van der Waals surface area (Å²) in [4.78, 5) is 0.180. The molecule has 1 saturated heterocycles. The average molecular weight is 374 g/mol. The summed E-state index contributed by atoms with van der Waals surface area (Å²) in [5.74, 6) is -2.00. The van der Waals surface area contributed by atoms with Crippen LogP contribution in [0.25, 0.3) is 0 Å². The van der Waals surface area contributed by atoms with Crippen molar-refractivity contribution in [2.24, 2.45) is 11.8 Å². The minimum absolute atomic E-state index is 0.137. The van der Waals surface area contributed by atoms with Gasteiger partial charge in [0, 0.05) is 17.9 Å². The van der Waals surface area contributed by atoms with Gasteiger partial charge in [-0.2, -0.15) is 13.2 Å². The molecule has 0 radical (unpaired) electrons. The summed E-state index contributed by atoms with van der Waals surface area (Å²) in [5.41, 5.74) is -0.956. The molecule has 7 heteroatoms. The Morgan fingerprint density at radius 1 is 1.40 bits per heavy atom. The predicted molar refractivity (Wildman–Crippen MR) is 77.5 cm³/mol. The van der Waals surface area contributed by atoms with Crippen LogP contribution in [0, 0.1) is 11.8 Å². The molecule has 0 bridgehead atoms. The molecule has 0 aromatic rings. The third-order valence-electron chi connectivity index (χ3n) is 4.22. The Hall–Kier alpha value is -0.170. The standard InChI is InChI=1S/C13H16BrF4NS/c1-12(9-5-8(14)2-3-10(9)15)6-7(13(16,17)18)4-11(20)19-12/h2,7,9-10H,3-6H2,1H3,(H,19,20). The first-order chi connectivity index (χ1) is 9.12. The van der Waals surface area contributed by atoms with E-state index in [-0.39, 0.29) is 24.3 Å². The first-order valence-electron chi connectivity index (χ1n) is 6.48. The summed E-state index contributed by atoms with van der Waals surface area (Å²) in [5, 5.41) is 2.96. The van der Waals surface area contributed by atoms with Gasteiger partial charge in [0.25, 0.3) is 0 Å². The van der Waals surface area contributed by atoms with Gasteiger partial charge in [0.15, 0.2) is 0 Å². The van der Waals surface area contributed by atoms with Crippen LogP contribution in [0.15, 0.2) is 10.6 Å². The SMILES string of the molecule is CC1(C2CC(Br)=CCC2F)CC(C(F)(F)F)CC(=S)N1. The highest BCUT2D eigenvalue weighted by Crippen LogP contribution is 2.45. The Bertz CT molecular complexity index is 437. The van der Waals surface area contributed by atoms with Crippen molar-refractivity contribution in [3.05, 3.63) is 10.6 Å². The third-order valence-corrected chi connectivity index (χ3v) is 5.14. The first kappa shape index (κ1) is 16.2. The van der Waals surface area contributed by atoms with Crippen LogP contribution in [0.2, 0.25) is 0 Å². The maximum absolute atomic E-state index is 14.2. The number of allylic oxidation sites excluding steroid dienone is 2. The lowest BCUT2D eigenvalue weighted by Gasteiger charge is -2.47. The van der Waals surface area contributed by atoms with Crippen molar-refractivity contribution in [2.45, 2.75) is 50.5 Å². The van der Waals surface area contributed by atoms with Gasteiger partial charge in [0.1, 0.15) is 6.17 Å². The lowest BCUT2D eigenvalue weighted by atomic mass is 9.70. The quantitative estimate of drug-likeness (QED) is 0.529. The van der Waals surface area contributed by atoms with Crippen molar-refractivity contribution < 1.29 is 17.6 Å². The molecule has 1 aliphatic heterocycles. The fourth-order valence-corrected chi connectivity index (χ4v) is 4.12. The van der Waals surface area contributed by atoms with Gasteiger partial charge in [-0.15, -0.1) is 0 Å². The molecule has 1 aliphatic carbocycles. The van der Waals surface area contributed by atoms with Crippen LogP contribution >= 0.6 is 28.1 Å². The number of nitrogens with one attached hydrogen (secondary N) is 1. The molecule has 2 rings (SSSR count). The number of halogens is 5. The summed E-state index contributed by atoms with van der Waals surface area (Å²) in [6.07, 6.45) is -3.40. The van der Waals surface area contributed by atoms with E-state index in [0.717, 1.165) is 4.48 Å². The Labute approximate surface area is 129 Å². The van der Waals surface area contributed by atoms with Gasteiger partial charge in [-0.1, -0.05) is 34.2 Å². The second kappa shape index (κ2) is 5.55. The third kappa shape index (κ3) is 3.35. The fourth-order valence-electron chi connectivity index (χ4n) is 3.15. The second-order valence-electron chi connectivity index (χ2n) is 5.83. The monoisotopic (exact) mass is 373 g/mol. The Morgan fingerprint density at radius 3 is 2.65 bits per heavy atom. The van der Waals surface area contributed by atoms with E-state index in [1.165, 1.54) is 0 Å².